The first kappa shape index (κ1) is 22.8. The van der Waals surface area contributed by atoms with Gasteiger partial charge in [-0.15, -0.1) is 16.9 Å². The predicted molar refractivity (Wildman–Crippen MR) is 120 cm³/mol. The van der Waals surface area contributed by atoms with Crippen molar-refractivity contribution >= 4 is 52.0 Å². The number of rotatable bonds is 7. The highest BCUT2D eigenvalue weighted by Gasteiger charge is 2.58. The minimum absolute atomic E-state index is 0.0835. The summed E-state index contributed by atoms with van der Waals surface area (Å²) >= 11 is 3.11. The van der Waals surface area contributed by atoms with Crippen LogP contribution in [0.5, 0.6) is 0 Å². The van der Waals surface area contributed by atoms with Crippen molar-refractivity contribution in [2.24, 2.45) is 12.5 Å². The van der Waals surface area contributed by atoms with E-state index < -0.39 is 22.0 Å². The Hall–Kier alpha value is -0.896. The maximum Gasteiger partial charge on any atom is 0.302 e. The predicted octanol–water partition coefficient (Wildman–Crippen LogP) is 1.37. The first-order valence-electron chi connectivity index (χ1n) is 9.60. The van der Waals surface area contributed by atoms with Crippen molar-refractivity contribution in [3.8, 4) is 0 Å². The van der Waals surface area contributed by atoms with Gasteiger partial charge in [-0.25, -0.2) is 4.68 Å². The van der Waals surface area contributed by atoms with Gasteiger partial charge in [0, 0.05) is 25.1 Å². The van der Waals surface area contributed by atoms with Crippen LogP contribution in [0.4, 0.5) is 0 Å². The van der Waals surface area contributed by atoms with Crippen molar-refractivity contribution in [3.05, 3.63) is 0 Å². The zero-order valence-corrected chi connectivity index (χ0v) is 21.7. The molecule has 0 bridgehead atoms. The Balaban J connectivity index is 1.77. The number of carbonyl (C=O) groups is 2. The fourth-order valence-electron chi connectivity index (χ4n) is 3.30. The van der Waals surface area contributed by atoms with E-state index >= 15 is 0 Å². The molecule has 2 fully saturated rings. The molecular weight excluding hydrogens is 445 g/mol. The number of thioether (sulfide) groups is 2. The quantitative estimate of drug-likeness (QED) is 0.356. The highest BCUT2D eigenvalue weighted by atomic mass is 32.2. The molecule has 2 aliphatic heterocycles. The summed E-state index contributed by atoms with van der Waals surface area (Å²) in [5.41, 5.74) is -0.766. The lowest BCUT2D eigenvalue weighted by molar-refractivity contribution is -0.154. The Labute approximate surface area is 182 Å². The molecule has 1 aromatic heterocycles. The average molecular weight is 475 g/mol. The number of fused-ring (bicyclic) bond motifs is 1. The molecule has 0 radical (unpaired) electrons. The van der Waals surface area contributed by atoms with Gasteiger partial charge in [-0.1, -0.05) is 31.4 Å². The van der Waals surface area contributed by atoms with E-state index in [9.17, 15) is 9.59 Å². The summed E-state index contributed by atoms with van der Waals surface area (Å²) in [4.78, 5) is 31.5. The van der Waals surface area contributed by atoms with Crippen LogP contribution >= 0.6 is 23.5 Å². The van der Waals surface area contributed by atoms with Crippen LogP contribution < -0.4 is 4.98 Å². The number of hydrogen-bond donors (Lipinski definition) is 1. The van der Waals surface area contributed by atoms with Crippen LogP contribution in [0, 0.1) is 5.41 Å². The number of β-lactam (4-membered cyclic amide) rings is 1. The summed E-state index contributed by atoms with van der Waals surface area (Å²) < 4.78 is 7.49. The molecule has 1 aromatic rings. The molecule has 0 aromatic carbocycles. The Morgan fingerprint density at radius 1 is 1.34 bits per heavy atom. The number of nitrogens with one attached hydrogen (secondary N) is 1. The third kappa shape index (κ3) is 5.06. The zero-order valence-electron chi connectivity index (χ0n) is 18.1. The van der Waals surface area contributed by atoms with Crippen LogP contribution in [0.15, 0.2) is 5.16 Å². The van der Waals surface area contributed by atoms with E-state index in [-0.39, 0.29) is 23.3 Å². The maximum atomic E-state index is 13.3. The second-order valence-corrected chi connectivity index (χ2v) is 21.0. The Morgan fingerprint density at radius 2 is 2.03 bits per heavy atom. The molecule has 1 N–H and O–H groups in total. The summed E-state index contributed by atoms with van der Waals surface area (Å²) in [6, 6.07) is -0.145. The van der Waals surface area contributed by atoms with Gasteiger partial charge >= 0.3 is 5.97 Å². The summed E-state index contributed by atoms with van der Waals surface area (Å²) in [7, 11) is -1.88. The van der Waals surface area contributed by atoms with E-state index in [1.165, 1.54) is 11.8 Å². The average Bonchev–Trinajstić information content (AvgIpc) is 3.00. The number of carbonyl (C=O) groups excluding carboxylic acids is 2. The molecule has 13 heteroatoms. The van der Waals surface area contributed by atoms with E-state index in [4.69, 9.17) is 4.43 Å². The summed E-state index contributed by atoms with van der Waals surface area (Å²) in [5, 5.41) is 12.3. The van der Waals surface area contributed by atoms with Crippen molar-refractivity contribution < 1.29 is 14.0 Å². The summed E-state index contributed by atoms with van der Waals surface area (Å²) in [5.74, 6) is 0.965. The Kier molecular flexibility index (Phi) is 6.27. The zero-order chi connectivity index (χ0) is 21.6. The van der Waals surface area contributed by atoms with Gasteiger partial charge in [0.2, 0.25) is 19.4 Å². The molecule has 3 heterocycles. The number of tetrazole rings is 1. The molecule has 29 heavy (non-hydrogen) atoms. The normalized spacial score (nSPS) is 27.4. The Bertz CT molecular complexity index is 796. The van der Waals surface area contributed by atoms with Crippen LogP contribution in [0.1, 0.15) is 0 Å². The largest absolute Gasteiger partial charge is 0.519 e. The van der Waals surface area contributed by atoms with Crippen LogP contribution in [-0.4, -0.2) is 83.0 Å². The summed E-state index contributed by atoms with van der Waals surface area (Å²) in [6.45, 7) is 13.0. The molecular formula is C16H30N6O3S2Si2. The van der Waals surface area contributed by atoms with Crippen molar-refractivity contribution in [3.63, 3.8) is 0 Å². The van der Waals surface area contributed by atoms with Crippen molar-refractivity contribution in [2.75, 3.05) is 18.1 Å². The highest BCUT2D eigenvalue weighted by molar-refractivity contribution is 8.00. The van der Waals surface area contributed by atoms with Gasteiger partial charge in [0.25, 0.3) is 0 Å². The lowest BCUT2D eigenvalue weighted by atomic mass is 9.89. The van der Waals surface area contributed by atoms with Crippen LogP contribution in [0.25, 0.3) is 0 Å². The molecule has 0 saturated carbocycles. The van der Waals surface area contributed by atoms with E-state index in [0.29, 0.717) is 23.2 Å². The van der Waals surface area contributed by atoms with Gasteiger partial charge in [0.15, 0.2) is 0 Å². The van der Waals surface area contributed by atoms with Gasteiger partial charge < -0.3 is 14.3 Å². The maximum absolute atomic E-state index is 13.3. The van der Waals surface area contributed by atoms with Crippen molar-refractivity contribution in [2.45, 2.75) is 55.9 Å². The standard InChI is InChI=1S/C16H30N6O3S2Si2/c1-21-15(17-19-20-21)27-10-16(14(24)25-29(5,6)7)8-22-12(23)11(13(22)26-9-16)18-28(2,3)4/h11,13,18H,8-10H2,1-7H3/t11?,13-,16?/m1/s1. The lowest BCUT2D eigenvalue weighted by Gasteiger charge is -2.55. The molecule has 3 rings (SSSR count). The second kappa shape index (κ2) is 7.98. The number of amides is 1. The molecule has 9 nitrogen and oxygen atoms in total. The van der Waals surface area contributed by atoms with Gasteiger partial charge in [0.1, 0.15) is 25.1 Å². The fraction of sp³-hybridized carbons (Fsp3) is 0.812. The van der Waals surface area contributed by atoms with E-state index in [1.54, 1.807) is 23.5 Å². The van der Waals surface area contributed by atoms with E-state index in [0.717, 1.165) is 0 Å². The van der Waals surface area contributed by atoms with Crippen LogP contribution in [0.2, 0.25) is 39.3 Å². The molecule has 162 valence electrons. The van der Waals surface area contributed by atoms with Gasteiger partial charge in [-0.05, 0) is 30.1 Å². The molecule has 2 saturated heterocycles. The third-order valence-electron chi connectivity index (χ3n) is 4.62. The van der Waals surface area contributed by atoms with E-state index in [1.807, 2.05) is 24.5 Å². The number of nitrogens with zero attached hydrogens (tertiary/aromatic N) is 5. The van der Waals surface area contributed by atoms with Gasteiger partial charge in [0.05, 0.1) is 0 Å². The smallest absolute Gasteiger partial charge is 0.302 e. The van der Waals surface area contributed by atoms with Gasteiger partial charge in [-0.2, -0.15) is 0 Å². The fourth-order valence-corrected chi connectivity index (χ4v) is 8.10. The summed E-state index contributed by atoms with van der Waals surface area (Å²) in [6.07, 6.45) is 0. The number of hydrogen-bond acceptors (Lipinski definition) is 9. The molecule has 1 amide bonds. The monoisotopic (exact) mass is 474 g/mol. The number of aromatic nitrogens is 4. The molecule has 0 spiro atoms. The lowest BCUT2D eigenvalue weighted by Crippen LogP contribution is -2.76. The number of aryl methyl sites for hydroxylation is 1. The molecule has 2 unspecified atom stereocenters. The second-order valence-electron chi connectivity index (χ2n) is 9.70. The van der Waals surface area contributed by atoms with Gasteiger partial charge in [-0.3, -0.25) is 9.59 Å². The Morgan fingerprint density at radius 3 is 2.59 bits per heavy atom. The highest BCUT2D eigenvalue weighted by Crippen LogP contribution is 2.45. The first-order valence-corrected chi connectivity index (χ1v) is 18.5. The van der Waals surface area contributed by atoms with E-state index in [2.05, 4.69) is 40.1 Å². The third-order valence-corrected chi connectivity index (χ3v) is 9.49. The minimum atomic E-state index is -2.06. The molecule has 0 aliphatic carbocycles. The topological polar surface area (TPSA) is 102 Å². The first-order chi connectivity index (χ1) is 13.3. The van der Waals surface area contributed by atoms with Crippen LogP contribution in [-0.2, 0) is 21.1 Å². The van der Waals surface area contributed by atoms with Crippen LogP contribution in [0.3, 0.4) is 0 Å². The van der Waals surface area contributed by atoms with Crippen molar-refractivity contribution in [1.82, 2.24) is 30.1 Å². The molecule has 3 atom stereocenters. The minimum Gasteiger partial charge on any atom is -0.519 e. The molecule has 2 aliphatic rings. The SMILES string of the molecule is Cn1nnnc1SCC1(C(=O)O[Si](C)(C)C)CS[C@@H]2C(N[Si](C)(C)C)C(=O)N2C1. The van der Waals surface area contributed by atoms with Crippen molar-refractivity contribution in [1.29, 1.82) is 0 Å².